The molecule has 0 saturated heterocycles. The summed E-state index contributed by atoms with van der Waals surface area (Å²) in [5, 5.41) is 14.0. The fraction of sp³-hybridized carbons (Fsp3) is 0.333. The molecule has 1 aliphatic heterocycles. The number of nitro groups is 1. The van der Waals surface area contributed by atoms with Crippen molar-refractivity contribution in [3.8, 4) is 0 Å². The van der Waals surface area contributed by atoms with Crippen LogP contribution in [0.25, 0.3) is 0 Å². The van der Waals surface area contributed by atoms with Crippen LogP contribution in [0.5, 0.6) is 0 Å². The fourth-order valence-corrected chi connectivity index (χ4v) is 5.78. The zero-order chi connectivity index (χ0) is 27.2. The summed E-state index contributed by atoms with van der Waals surface area (Å²) in [6.45, 7) is 3.42. The second-order valence-electron chi connectivity index (χ2n) is 8.79. The Morgan fingerprint density at radius 2 is 1.95 bits per heavy atom. The van der Waals surface area contributed by atoms with E-state index in [4.69, 9.17) is 27.9 Å². The van der Waals surface area contributed by atoms with Gasteiger partial charge >= 0.3 is 0 Å². The molecule has 0 bridgehead atoms. The lowest BCUT2D eigenvalue weighted by molar-refractivity contribution is -0.384. The quantitative estimate of drug-likeness (QED) is 0.168. The van der Waals surface area contributed by atoms with Crippen molar-refractivity contribution in [2.24, 2.45) is 0 Å². The number of nitrogens with zero attached hydrogens (tertiary/aromatic N) is 3. The van der Waals surface area contributed by atoms with E-state index in [1.807, 2.05) is 30.5 Å². The largest absolute Gasteiger partial charge is 0.382 e. The highest BCUT2D eigenvalue weighted by Crippen LogP contribution is 2.38. The van der Waals surface area contributed by atoms with Crippen molar-refractivity contribution in [3.63, 3.8) is 0 Å². The number of hydrogen-bond acceptors (Lipinski definition) is 6. The zero-order valence-corrected chi connectivity index (χ0v) is 23.1. The van der Waals surface area contributed by atoms with Gasteiger partial charge in [-0.1, -0.05) is 35.3 Å². The molecule has 11 heteroatoms. The molecule has 1 unspecified atom stereocenters. The third kappa shape index (κ3) is 6.35. The molecular weight excluding hydrogens is 549 g/mol. The van der Waals surface area contributed by atoms with Gasteiger partial charge in [-0.15, -0.1) is 11.3 Å². The predicted octanol–water partition coefficient (Wildman–Crippen LogP) is 6.01. The Kier molecular flexibility index (Phi) is 9.38. The summed E-state index contributed by atoms with van der Waals surface area (Å²) in [7, 11) is 0. The average Bonchev–Trinajstić information content (AvgIpc) is 3.39. The van der Waals surface area contributed by atoms with Crippen molar-refractivity contribution in [1.29, 1.82) is 0 Å². The lowest BCUT2D eigenvalue weighted by atomic mass is 9.93. The number of hydrogen-bond donors (Lipinski definition) is 0. The summed E-state index contributed by atoms with van der Waals surface area (Å²) >= 11 is 13.7. The summed E-state index contributed by atoms with van der Waals surface area (Å²) < 4.78 is 5.42. The Balaban J connectivity index is 1.61. The first kappa shape index (κ1) is 28.0. The first-order chi connectivity index (χ1) is 18.3. The van der Waals surface area contributed by atoms with Crippen LogP contribution in [-0.4, -0.2) is 59.4 Å². The monoisotopic (exact) mass is 575 g/mol. The lowest BCUT2D eigenvalue weighted by Gasteiger charge is -2.37. The number of nitro benzene ring substituents is 1. The van der Waals surface area contributed by atoms with Crippen LogP contribution in [0.15, 0.2) is 53.9 Å². The maximum Gasteiger partial charge on any atom is 0.288 e. The molecule has 0 aliphatic carbocycles. The van der Waals surface area contributed by atoms with Crippen LogP contribution in [-0.2, 0) is 16.0 Å². The number of carbonyl (C=O) groups is 2. The third-order valence-corrected chi connectivity index (χ3v) is 7.96. The summed E-state index contributed by atoms with van der Waals surface area (Å²) in [6, 6.07) is 13.1. The second kappa shape index (κ2) is 12.7. The predicted molar refractivity (Wildman–Crippen MR) is 148 cm³/mol. The van der Waals surface area contributed by atoms with Gasteiger partial charge in [0.2, 0.25) is 5.91 Å². The van der Waals surface area contributed by atoms with Gasteiger partial charge in [0.1, 0.15) is 11.6 Å². The van der Waals surface area contributed by atoms with E-state index >= 15 is 0 Å². The van der Waals surface area contributed by atoms with Gasteiger partial charge in [-0.3, -0.25) is 19.7 Å². The molecule has 1 aromatic heterocycles. The number of halogens is 2. The van der Waals surface area contributed by atoms with Crippen LogP contribution in [0, 0.1) is 10.1 Å². The van der Waals surface area contributed by atoms with E-state index in [0.717, 1.165) is 23.6 Å². The van der Waals surface area contributed by atoms with Gasteiger partial charge < -0.3 is 14.5 Å². The SMILES string of the molecule is CCOCCCN(CC(=O)N1CCc2sccc2C1c1ccc(Cl)cc1)C(=O)c1ccc(Cl)c([N+](=O)[O-])c1. The lowest BCUT2D eigenvalue weighted by Crippen LogP contribution is -2.47. The number of rotatable bonds is 10. The highest BCUT2D eigenvalue weighted by molar-refractivity contribution is 7.10. The number of thiophene rings is 1. The fourth-order valence-electron chi connectivity index (χ4n) is 4.57. The summed E-state index contributed by atoms with van der Waals surface area (Å²) in [5.41, 5.74) is 1.74. The number of fused-ring (bicyclic) bond motifs is 1. The maximum absolute atomic E-state index is 13.8. The van der Waals surface area contributed by atoms with Crippen LogP contribution < -0.4 is 0 Å². The Morgan fingerprint density at radius 1 is 1.18 bits per heavy atom. The van der Waals surface area contributed by atoms with E-state index in [1.54, 1.807) is 28.4 Å². The Bertz CT molecular complexity index is 1310. The zero-order valence-electron chi connectivity index (χ0n) is 20.8. The molecule has 0 spiro atoms. The third-order valence-electron chi connectivity index (χ3n) is 6.40. The van der Waals surface area contributed by atoms with Crippen molar-refractivity contribution >= 4 is 52.0 Å². The Labute approximate surface area is 234 Å². The van der Waals surface area contributed by atoms with Gasteiger partial charge in [0.25, 0.3) is 11.6 Å². The first-order valence-corrected chi connectivity index (χ1v) is 13.9. The van der Waals surface area contributed by atoms with Gasteiger partial charge in [-0.05, 0) is 66.6 Å². The summed E-state index contributed by atoms with van der Waals surface area (Å²) in [4.78, 5) is 42.5. The van der Waals surface area contributed by atoms with E-state index < -0.39 is 10.8 Å². The summed E-state index contributed by atoms with van der Waals surface area (Å²) in [6.07, 6.45) is 1.24. The molecule has 0 radical (unpaired) electrons. The standard InChI is InChI=1S/C27H27Cl2N3O5S/c1-2-37-14-3-12-30(27(34)19-6-9-22(29)23(16-19)32(35)36)17-25(33)31-13-10-24-21(11-15-38-24)26(31)18-4-7-20(28)8-5-18/h4-9,11,15-16,26H,2-3,10,12-14,17H2,1H3. The molecule has 2 amide bonds. The van der Waals surface area contributed by atoms with Crippen molar-refractivity contribution in [3.05, 3.63) is 95.6 Å². The number of amides is 2. The Morgan fingerprint density at radius 3 is 2.66 bits per heavy atom. The molecule has 0 saturated carbocycles. The minimum absolute atomic E-state index is 0.0591. The second-order valence-corrected chi connectivity index (χ2v) is 10.6. The molecule has 0 N–H and O–H groups in total. The van der Waals surface area contributed by atoms with Crippen molar-refractivity contribution in [2.45, 2.75) is 25.8 Å². The average molecular weight is 577 g/mol. The van der Waals surface area contributed by atoms with Gasteiger partial charge in [-0.2, -0.15) is 0 Å². The van der Waals surface area contributed by atoms with E-state index in [0.29, 0.717) is 31.2 Å². The smallest absolute Gasteiger partial charge is 0.288 e. The van der Waals surface area contributed by atoms with Gasteiger partial charge in [0.15, 0.2) is 0 Å². The minimum Gasteiger partial charge on any atom is -0.382 e. The van der Waals surface area contributed by atoms with Gasteiger partial charge in [0, 0.05) is 47.8 Å². The molecule has 8 nitrogen and oxygen atoms in total. The van der Waals surface area contributed by atoms with Crippen LogP contribution in [0.3, 0.4) is 0 Å². The molecule has 2 aromatic carbocycles. The molecule has 1 aliphatic rings. The highest BCUT2D eigenvalue weighted by atomic mass is 35.5. The molecule has 3 aromatic rings. The normalized spacial score (nSPS) is 14.7. The molecule has 4 rings (SSSR count). The van der Waals surface area contributed by atoms with Crippen molar-refractivity contribution < 1.29 is 19.2 Å². The van der Waals surface area contributed by atoms with E-state index in [2.05, 4.69) is 0 Å². The first-order valence-electron chi connectivity index (χ1n) is 12.2. The van der Waals surface area contributed by atoms with Gasteiger partial charge in [0.05, 0.1) is 11.0 Å². The van der Waals surface area contributed by atoms with Crippen molar-refractivity contribution in [1.82, 2.24) is 9.80 Å². The van der Waals surface area contributed by atoms with E-state index in [-0.39, 0.29) is 41.3 Å². The molecule has 38 heavy (non-hydrogen) atoms. The highest BCUT2D eigenvalue weighted by Gasteiger charge is 2.34. The van der Waals surface area contributed by atoms with Crippen LogP contribution >= 0.6 is 34.5 Å². The Hall–Kier alpha value is -2.98. The maximum atomic E-state index is 13.8. The minimum atomic E-state index is -0.632. The van der Waals surface area contributed by atoms with E-state index in [9.17, 15) is 19.7 Å². The van der Waals surface area contributed by atoms with E-state index in [1.165, 1.54) is 21.9 Å². The van der Waals surface area contributed by atoms with Crippen LogP contribution in [0.2, 0.25) is 10.0 Å². The summed E-state index contributed by atoms with van der Waals surface area (Å²) in [5.74, 6) is -0.694. The van der Waals surface area contributed by atoms with Crippen LogP contribution in [0.4, 0.5) is 5.69 Å². The molecule has 200 valence electrons. The number of benzene rings is 2. The molecule has 0 fully saturated rings. The van der Waals surface area contributed by atoms with Gasteiger partial charge in [-0.25, -0.2) is 0 Å². The topological polar surface area (TPSA) is 93.0 Å². The number of ether oxygens (including phenoxy) is 1. The molecule has 2 heterocycles. The van der Waals surface area contributed by atoms with Crippen LogP contribution in [0.1, 0.15) is 45.7 Å². The van der Waals surface area contributed by atoms with Crippen molar-refractivity contribution in [2.75, 3.05) is 32.8 Å². The molecular formula is C27H27Cl2N3O5S. The molecule has 1 atom stereocenters. The number of carbonyl (C=O) groups excluding carboxylic acids is 2.